The van der Waals surface area contributed by atoms with Crippen LogP contribution < -0.4 is 5.73 Å². The average Bonchev–Trinajstić information content (AvgIpc) is 3.29. The van der Waals surface area contributed by atoms with Gasteiger partial charge in [-0.25, -0.2) is 0 Å². The normalized spacial score (nSPS) is 18.1. The van der Waals surface area contributed by atoms with E-state index in [2.05, 4.69) is 13.8 Å². The van der Waals surface area contributed by atoms with Gasteiger partial charge in [-0.1, -0.05) is 20.3 Å². The van der Waals surface area contributed by atoms with Gasteiger partial charge in [-0.05, 0) is 43.6 Å². The largest absolute Gasteiger partial charge is 0.379 e. The van der Waals surface area contributed by atoms with Crippen LogP contribution in [0, 0.1) is 11.3 Å². The molecular weight excluding hydrogens is 254 g/mol. The van der Waals surface area contributed by atoms with Crippen LogP contribution >= 0.6 is 0 Å². The van der Waals surface area contributed by atoms with Crippen LogP contribution in [0.1, 0.15) is 46.0 Å². The van der Waals surface area contributed by atoms with Gasteiger partial charge in [0.05, 0.1) is 26.4 Å². The summed E-state index contributed by atoms with van der Waals surface area (Å²) in [6.07, 6.45) is 6.05. The second-order valence-corrected chi connectivity index (χ2v) is 6.07. The zero-order chi connectivity index (χ0) is 14.7. The molecule has 1 atom stereocenters. The predicted molar refractivity (Wildman–Crippen MR) is 81.9 cm³/mol. The number of nitrogens with two attached hydrogens (primary N) is 1. The zero-order valence-electron chi connectivity index (χ0n) is 13.4. The Hall–Kier alpha value is -0.160. The molecule has 0 spiro atoms. The highest BCUT2D eigenvalue weighted by Crippen LogP contribution is 2.46. The molecule has 0 aromatic carbocycles. The van der Waals surface area contributed by atoms with Crippen LogP contribution in [0.3, 0.4) is 0 Å². The Balaban J connectivity index is 1.82. The molecule has 1 fully saturated rings. The van der Waals surface area contributed by atoms with Crippen LogP contribution in [0.4, 0.5) is 0 Å². The van der Waals surface area contributed by atoms with E-state index in [0.717, 1.165) is 38.5 Å². The number of ether oxygens (including phenoxy) is 3. The number of hydrogen-bond acceptors (Lipinski definition) is 4. The van der Waals surface area contributed by atoms with E-state index < -0.39 is 0 Å². The molecule has 0 bridgehead atoms. The summed E-state index contributed by atoms with van der Waals surface area (Å²) < 4.78 is 16.5. The lowest BCUT2D eigenvalue weighted by Crippen LogP contribution is -2.31. The molecule has 0 amide bonds. The molecule has 1 saturated carbocycles. The maximum atomic E-state index is 5.88. The van der Waals surface area contributed by atoms with E-state index in [1.165, 1.54) is 19.3 Å². The topological polar surface area (TPSA) is 53.7 Å². The summed E-state index contributed by atoms with van der Waals surface area (Å²) in [5, 5.41) is 0. The van der Waals surface area contributed by atoms with Crippen molar-refractivity contribution in [2.24, 2.45) is 17.1 Å². The minimum absolute atomic E-state index is 0.286. The number of rotatable bonds is 14. The van der Waals surface area contributed by atoms with Crippen molar-refractivity contribution in [2.45, 2.75) is 46.0 Å². The summed E-state index contributed by atoms with van der Waals surface area (Å²) in [7, 11) is 0. The fraction of sp³-hybridized carbons (Fsp3) is 1.00. The molecule has 0 aliphatic heterocycles. The van der Waals surface area contributed by atoms with Gasteiger partial charge in [0, 0.05) is 13.2 Å². The summed E-state index contributed by atoms with van der Waals surface area (Å²) in [6.45, 7) is 9.53. The minimum Gasteiger partial charge on any atom is -0.379 e. The van der Waals surface area contributed by atoms with Crippen LogP contribution in [-0.2, 0) is 14.2 Å². The number of hydrogen-bond donors (Lipinski definition) is 1. The Morgan fingerprint density at radius 3 is 2.00 bits per heavy atom. The van der Waals surface area contributed by atoms with Crippen LogP contribution in [0.25, 0.3) is 0 Å². The van der Waals surface area contributed by atoms with Gasteiger partial charge < -0.3 is 19.9 Å². The first-order valence-electron chi connectivity index (χ1n) is 8.16. The van der Waals surface area contributed by atoms with Crippen molar-refractivity contribution in [2.75, 3.05) is 46.2 Å². The van der Waals surface area contributed by atoms with Gasteiger partial charge in [-0.15, -0.1) is 0 Å². The molecule has 0 heterocycles. The highest BCUT2D eigenvalue weighted by Gasteiger charge is 2.39. The van der Waals surface area contributed by atoms with Crippen molar-refractivity contribution in [3.63, 3.8) is 0 Å². The average molecular weight is 287 g/mol. The summed E-state index contributed by atoms with van der Waals surface area (Å²) in [5.41, 5.74) is 6.17. The first-order chi connectivity index (χ1) is 9.73. The van der Waals surface area contributed by atoms with E-state index >= 15 is 0 Å². The smallest absolute Gasteiger partial charge is 0.0701 e. The lowest BCUT2D eigenvalue weighted by molar-refractivity contribution is 0.00785. The molecule has 1 aliphatic rings. The third-order valence-electron chi connectivity index (χ3n) is 4.23. The molecule has 20 heavy (non-hydrogen) atoms. The SMILES string of the molecule is CCCCOCCOCCOCCC(C)(CN)C1CC1. The molecule has 0 radical (unpaired) electrons. The second kappa shape index (κ2) is 10.6. The van der Waals surface area contributed by atoms with E-state index in [4.69, 9.17) is 19.9 Å². The van der Waals surface area contributed by atoms with Crippen LogP contribution in [0.2, 0.25) is 0 Å². The molecule has 1 aliphatic carbocycles. The van der Waals surface area contributed by atoms with E-state index in [1.54, 1.807) is 0 Å². The summed E-state index contributed by atoms with van der Waals surface area (Å²) in [4.78, 5) is 0. The molecule has 120 valence electrons. The molecule has 1 rings (SSSR count). The van der Waals surface area contributed by atoms with Crippen molar-refractivity contribution in [1.29, 1.82) is 0 Å². The highest BCUT2D eigenvalue weighted by molar-refractivity contribution is 4.91. The molecular formula is C16H33NO3. The second-order valence-electron chi connectivity index (χ2n) is 6.07. The fourth-order valence-electron chi connectivity index (χ4n) is 2.35. The van der Waals surface area contributed by atoms with Gasteiger partial charge >= 0.3 is 0 Å². The van der Waals surface area contributed by atoms with Crippen molar-refractivity contribution in [1.82, 2.24) is 0 Å². The summed E-state index contributed by atoms with van der Waals surface area (Å²) in [6, 6.07) is 0. The highest BCUT2D eigenvalue weighted by atomic mass is 16.5. The lowest BCUT2D eigenvalue weighted by Gasteiger charge is -2.27. The van der Waals surface area contributed by atoms with E-state index in [9.17, 15) is 0 Å². The van der Waals surface area contributed by atoms with Gasteiger partial charge in [0.25, 0.3) is 0 Å². The Morgan fingerprint density at radius 1 is 0.950 bits per heavy atom. The van der Waals surface area contributed by atoms with E-state index in [-0.39, 0.29) is 5.41 Å². The minimum atomic E-state index is 0.286. The first kappa shape index (κ1) is 17.9. The van der Waals surface area contributed by atoms with Crippen molar-refractivity contribution in [3.05, 3.63) is 0 Å². The maximum Gasteiger partial charge on any atom is 0.0701 e. The number of unbranched alkanes of at least 4 members (excludes halogenated alkanes) is 1. The predicted octanol–water partition coefficient (Wildman–Crippen LogP) is 2.60. The van der Waals surface area contributed by atoms with Gasteiger partial charge in [0.15, 0.2) is 0 Å². The standard InChI is InChI=1S/C16H33NO3/c1-3-4-8-18-10-12-20-13-11-19-9-7-16(2,14-17)15-5-6-15/h15H,3-14,17H2,1-2H3. The van der Waals surface area contributed by atoms with E-state index in [0.29, 0.717) is 26.4 Å². The third kappa shape index (κ3) is 7.58. The quantitative estimate of drug-likeness (QED) is 0.499. The molecule has 2 N–H and O–H groups in total. The van der Waals surface area contributed by atoms with Gasteiger partial charge in [-0.2, -0.15) is 0 Å². The van der Waals surface area contributed by atoms with Gasteiger partial charge in [-0.3, -0.25) is 0 Å². The third-order valence-corrected chi connectivity index (χ3v) is 4.23. The van der Waals surface area contributed by atoms with Crippen molar-refractivity contribution in [3.8, 4) is 0 Å². The monoisotopic (exact) mass is 287 g/mol. The Morgan fingerprint density at radius 2 is 1.50 bits per heavy atom. The summed E-state index contributed by atoms with van der Waals surface area (Å²) in [5.74, 6) is 0.826. The first-order valence-corrected chi connectivity index (χ1v) is 8.16. The molecule has 4 nitrogen and oxygen atoms in total. The molecule has 0 aromatic heterocycles. The van der Waals surface area contributed by atoms with Crippen molar-refractivity contribution >= 4 is 0 Å². The van der Waals surface area contributed by atoms with Crippen LogP contribution in [0.5, 0.6) is 0 Å². The zero-order valence-corrected chi connectivity index (χ0v) is 13.4. The molecule has 4 heteroatoms. The Kier molecular flexibility index (Phi) is 9.44. The van der Waals surface area contributed by atoms with Gasteiger partial charge in [0.1, 0.15) is 0 Å². The van der Waals surface area contributed by atoms with Crippen LogP contribution in [-0.4, -0.2) is 46.2 Å². The lowest BCUT2D eigenvalue weighted by atomic mass is 9.82. The van der Waals surface area contributed by atoms with Crippen LogP contribution in [0.15, 0.2) is 0 Å². The Labute approximate surface area is 124 Å². The molecule has 0 saturated heterocycles. The van der Waals surface area contributed by atoms with Gasteiger partial charge in [0.2, 0.25) is 0 Å². The summed E-state index contributed by atoms with van der Waals surface area (Å²) >= 11 is 0. The fourth-order valence-corrected chi connectivity index (χ4v) is 2.35. The maximum absolute atomic E-state index is 5.88. The van der Waals surface area contributed by atoms with Crippen molar-refractivity contribution < 1.29 is 14.2 Å². The molecule has 1 unspecified atom stereocenters. The molecule has 0 aromatic rings. The van der Waals surface area contributed by atoms with E-state index in [1.807, 2.05) is 0 Å². The Bertz CT molecular complexity index is 234.